The predicted octanol–water partition coefficient (Wildman–Crippen LogP) is 5.13. The van der Waals surface area contributed by atoms with Crippen molar-refractivity contribution in [3.8, 4) is 0 Å². The molecule has 0 N–H and O–H groups in total. The van der Waals surface area contributed by atoms with E-state index in [-0.39, 0.29) is 0 Å². The molecule has 0 aliphatic heterocycles. The molecule has 0 radical (unpaired) electrons. The molecule has 14 heavy (non-hydrogen) atoms. The lowest BCUT2D eigenvalue weighted by atomic mass is 9.68. The van der Waals surface area contributed by atoms with E-state index in [0.717, 1.165) is 17.8 Å². The lowest BCUT2D eigenvalue weighted by Gasteiger charge is -2.37. The number of hydrogen-bond donors (Lipinski definition) is 0. The van der Waals surface area contributed by atoms with Gasteiger partial charge in [-0.05, 0) is 36.0 Å². The van der Waals surface area contributed by atoms with E-state index in [1.807, 2.05) is 0 Å². The summed E-state index contributed by atoms with van der Waals surface area (Å²) in [6, 6.07) is 0. The van der Waals surface area contributed by atoms with Gasteiger partial charge in [-0.25, -0.2) is 0 Å². The van der Waals surface area contributed by atoms with Crippen molar-refractivity contribution in [2.75, 3.05) is 0 Å². The van der Waals surface area contributed by atoms with Crippen LogP contribution < -0.4 is 0 Å². The van der Waals surface area contributed by atoms with E-state index in [1.54, 1.807) is 0 Å². The van der Waals surface area contributed by atoms with E-state index >= 15 is 0 Å². The summed E-state index contributed by atoms with van der Waals surface area (Å²) in [4.78, 5) is 0. The van der Waals surface area contributed by atoms with E-state index in [0.29, 0.717) is 5.41 Å². The second-order valence-electron chi connectivity index (χ2n) is 5.98. The fraction of sp³-hybridized carbons (Fsp3) is 1.00. The topological polar surface area (TPSA) is 0 Å². The molecule has 0 nitrogen and oxygen atoms in total. The summed E-state index contributed by atoms with van der Waals surface area (Å²) in [5.41, 5.74) is 0.554. The highest BCUT2D eigenvalue weighted by molar-refractivity contribution is 4.80. The predicted molar refractivity (Wildman–Crippen MR) is 66.5 cm³/mol. The van der Waals surface area contributed by atoms with Gasteiger partial charge in [-0.3, -0.25) is 0 Å². The number of hydrogen-bond acceptors (Lipinski definition) is 0. The molecular formula is C14H30. The molecule has 0 saturated carbocycles. The molecular weight excluding hydrogens is 168 g/mol. The van der Waals surface area contributed by atoms with Gasteiger partial charge in [0.25, 0.3) is 0 Å². The lowest BCUT2D eigenvalue weighted by molar-refractivity contribution is 0.134. The fourth-order valence-electron chi connectivity index (χ4n) is 2.17. The first kappa shape index (κ1) is 14.0. The Morgan fingerprint density at radius 1 is 1.00 bits per heavy atom. The van der Waals surface area contributed by atoms with Crippen molar-refractivity contribution in [1.82, 2.24) is 0 Å². The molecule has 0 bridgehead atoms. The van der Waals surface area contributed by atoms with Crippen molar-refractivity contribution in [2.45, 2.75) is 67.7 Å². The SMILES string of the molecule is CCCC(C)(CC(C)C(C)C)C(C)C. The Balaban J connectivity index is 4.36. The van der Waals surface area contributed by atoms with Crippen molar-refractivity contribution >= 4 is 0 Å². The van der Waals surface area contributed by atoms with Crippen molar-refractivity contribution in [2.24, 2.45) is 23.2 Å². The maximum Gasteiger partial charge on any atom is -0.0300 e. The van der Waals surface area contributed by atoms with Crippen molar-refractivity contribution in [1.29, 1.82) is 0 Å². The van der Waals surface area contributed by atoms with Gasteiger partial charge in [-0.1, -0.05) is 54.9 Å². The Morgan fingerprint density at radius 2 is 1.50 bits per heavy atom. The standard InChI is InChI=1S/C14H30/c1-8-9-14(7,12(4)5)10-13(6)11(2)3/h11-13H,8-10H2,1-7H3. The molecule has 2 unspecified atom stereocenters. The minimum atomic E-state index is 0.554. The van der Waals surface area contributed by atoms with Gasteiger partial charge in [0.1, 0.15) is 0 Å². The van der Waals surface area contributed by atoms with E-state index in [9.17, 15) is 0 Å². The highest BCUT2D eigenvalue weighted by Crippen LogP contribution is 2.40. The third-order valence-corrected chi connectivity index (χ3v) is 4.14. The van der Waals surface area contributed by atoms with Crippen LogP contribution in [0, 0.1) is 23.2 Å². The minimum Gasteiger partial charge on any atom is -0.0654 e. The molecule has 86 valence electrons. The summed E-state index contributed by atoms with van der Waals surface area (Å²) < 4.78 is 0. The Labute approximate surface area is 91.5 Å². The fourth-order valence-corrected chi connectivity index (χ4v) is 2.17. The van der Waals surface area contributed by atoms with Gasteiger partial charge < -0.3 is 0 Å². The molecule has 0 heteroatoms. The van der Waals surface area contributed by atoms with Crippen LogP contribution in [-0.2, 0) is 0 Å². The average Bonchev–Trinajstić information content (AvgIpc) is 2.03. The molecule has 0 saturated heterocycles. The van der Waals surface area contributed by atoms with Crippen LogP contribution in [0.3, 0.4) is 0 Å². The van der Waals surface area contributed by atoms with Crippen LogP contribution in [0.1, 0.15) is 67.7 Å². The van der Waals surface area contributed by atoms with Crippen LogP contribution in [-0.4, -0.2) is 0 Å². The Morgan fingerprint density at radius 3 is 1.79 bits per heavy atom. The summed E-state index contributed by atoms with van der Waals surface area (Å²) in [6.07, 6.45) is 4.08. The summed E-state index contributed by atoms with van der Waals surface area (Å²) in [5, 5.41) is 0. The summed E-state index contributed by atoms with van der Waals surface area (Å²) >= 11 is 0. The van der Waals surface area contributed by atoms with E-state index < -0.39 is 0 Å². The van der Waals surface area contributed by atoms with Crippen molar-refractivity contribution in [3.63, 3.8) is 0 Å². The molecule has 0 aliphatic carbocycles. The van der Waals surface area contributed by atoms with E-state index in [2.05, 4.69) is 48.5 Å². The highest BCUT2D eigenvalue weighted by atomic mass is 14.3. The summed E-state index contributed by atoms with van der Waals surface area (Å²) in [6.45, 7) is 16.6. The normalized spacial score (nSPS) is 18.6. The van der Waals surface area contributed by atoms with Gasteiger partial charge in [0, 0.05) is 0 Å². The maximum atomic E-state index is 2.47. The molecule has 0 heterocycles. The second-order valence-corrected chi connectivity index (χ2v) is 5.98. The molecule has 0 amide bonds. The van der Waals surface area contributed by atoms with Crippen LogP contribution in [0.25, 0.3) is 0 Å². The summed E-state index contributed by atoms with van der Waals surface area (Å²) in [5.74, 6) is 2.49. The average molecular weight is 198 g/mol. The van der Waals surface area contributed by atoms with Crippen LogP contribution in [0.15, 0.2) is 0 Å². The first-order chi connectivity index (χ1) is 6.33. The zero-order valence-electron chi connectivity index (χ0n) is 11.4. The van der Waals surface area contributed by atoms with Gasteiger partial charge in [0.2, 0.25) is 0 Å². The van der Waals surface area contributed by atoms with Crippen LogP contribution in [0.2, 0.25) is 0 Å². The molecule has 0 spiro atoms. The first-order valence-corrected chi connectivity index (χ1v) is 6.33. The summed E-state index contributed by atoms with van der Waals surface area (Å²) in [7, 11) is 0. The van der Waals surface area contributed by atoms with Gasteiger partial charge in [-0.2, -0.15) is 0 Å². The molecule has 2 atom stereocenters. The van der Waals surface area contributed by atoms with Crippen molar-refractivity contribution in [3.05, 3.63) is 0 Å². The van der Waals surface area contributed by atoms with Crippen molar-refractivity contribution < 1.29 is 0 Å². The molecule has 0 aromatic heterocycles. The third kappa shape index (κ3) is 4.02. The first-order valence-electron chi connectivity index (χ1n) is 6.33. The Bertz CT molecular complexity index is 146. The molecule has 0 aromatic carbocycles. The lowest BCUT2D eigenvalue weighted by Crippen LogP contribution is -2.27. The zero-order valence-corrected chi connectivity index (χ0v) is 11.4. The third-order valence-electron chi connectivity index (χ3n) is 4.14. The molecule has 0 rings (SSSR count). The van der Waals surface area contributed by atoms with E-state index in [1.165, 1.54) is 19.3 Å². The van der Waals surface area contributed by atoms with Crippen LogP contribution in [0.4, 0.5) is 0 Å². The van der Waals surface area contributed by atoms with Gasteiger partial charge >= 0.3 is 0 Å². The molecule has 0 aromatic rings. The quantitative estimate of drug-likeness (QED) is 0.555. The molecule has 0 fully saturated rings. The highest BCUT2D eigenvalue weighted by Gasteiger charge is 2.29. The molecule has 0 aliphatic rings. The monoisotopic (exact) mass is 198 g/mol. The second kappa shape index (κ2) is 5.78. The van der Waals surface area contributed by atoms with Gasteiger partial charge in [0.15, 0.2) is 0 Å². The van der Waals surface area contributed by atoms with Crippen LogP contribution >= 0.6 is 0 Å². The zero-order chi connectivity index (χ0) is 11.4. The Hall–Kier alpha value is 0. The van der Waals surface area contributed by atoms with Crippen LogP contribution in [0.5, 0.6) is 0 Å². The van der Waals surface area contributed by atoms with Gasteiger partial charge in [-0.15, -0.1) is 0 Å². The van der Waals surface area contributed by atoms with E-state index in [4.69, 9.17) is 0 Å². The number of rotatable bonds is 6. The van der Waals surface area contributed by atoms with Gasteiger partial charge in [0.05, 0.1) is 0 Å². The smallest absolute Gasteiger partial charge is 0.0300 e. The maximum absolute atomic E-state index is 2.47. The minimum absolute atomic E-state index is 0.554. The largest absolute Gasteiger partial charge is 0.0654 e. The Kier molecular flexibility index (Phi) is 5.78.